The van der Waals surface area contributed by atoms with E-state index < -0.39 is 0 Å². The first-order valence-corrected chi connectivity index (χ1v) is 9.24. The molecule has 0 saturated carbocycles. The molecule has 0 radical (unpaired) electrons. The highest BCUT2D eigenvalue weighted by Crippen LogP contribution is 2.30. The first kappa shape index (κ1) is 16.8. The normalized spacial score (nSPS) is 15.2. The van der Waals surface area contributed by atoms with Crippen molar-refractivity contribution in [3.05, 3.63) is 50.3 Å². The molecule has 0 aliphatic carbocycles. The Morgan fingerprint density at radius 2 is 2.04 bits per heavy atom. The number of rotatable bonds is 6. The third-order valence-corrected chi connectivity index (χ3v) is 5.23. The number of hydrogen-bond acceptors (Lipinski definition) is 5. The van der Waals surface area contributed by atoms with Crippen LogP contribution in [-0.2, 0) is 6.54 Å². The van der Waals surface area contributed by atoms with Gasteiger partial charge in [0.25, 0.3) is 0 Å². The highest BCUT2D eigenvalue weighted by Gasteiger charge is 2.16. The van der Waals surface area contributed by atoms with Crippen molar-refractivity contribution in [1.82, 2.24) is 4.57 Å². The molecule has 1 aliphatic rings. The summed E-state index contributed by atoms with van der Waals surface area (Å²) in [6.45, 7) is 2.92. The molecular formula is C18H19N3OS2. The van der Waals surface area contributed by atoms with Crippen LogP contribution in [0.5, 0.6) is 5.88 Å². The molecule has 124 valence electrons. The number of thiazole rings is 1. The Labute approximate surface area is 150 Å². The lowest BCUT2D eigenvalue weighted by atomic mass is 10.0. The summed E-state index contributed by atoms with van der Waals surface area (Å²) in [6.07, 6.45) is 6.91. The fourth-order valence-corrected chi connectivity index (χ4v) is 3.87. The SMILES string of the molecule is CCCCCn1c(O)c(C=C2C=NN=C2c2ccccc2)sc1=S. The van der Waals surface area contributed by atoms with Gasteiger partial charge in [-0.15, -0.1) is 16.4 Å². The second-order valence-electron chi connectivity index (χ2n) is 5.57. The molecule has 0 unspecified atom stereocenters. The van der Waals surface area contributed by atoms with Crippen molar-refractivity contribution in [1.29, 1.82) is 0 Å². The largest absolute Gasteiger partial charge is 0.493 e. The Balaban J connectivity index is 1.89. The molecule has 0 bridgehead atoms. The molecule has 6 heteroatoms. The predicted molar refractivity (Wildman–Crippen MR) is 104 cm³/mol. The molecule has 1 aromatic carbocycles. The molecule has 0 spiro atoms. The van der Waals surface area contributed by atoms with Crippen molar-refractivity contribution in [2.45, 2.75) is 32.7 Å². The Morgan fingerprint density at radius 1 is 1.25 bits per heavy atom. The molecule has 1 aromatic heterocycles. The van der Waals surface area contributed by atoms with E-state index in [1.54, 1.807) is 6.21 Å². The van der Waals surface area contributed by atoms with Crippen molar-refractivity contribution in [3.63, 3.8) is 0 Å². The van der Waals surface area contributed by atoms with E-state index in [0.717, 1.165) is 47.5 Å². The third-order valence-electron chi connectivity index (χ3n) is 3.84. The highest BCUT2D eigenvalue weighted by molar-refractivity contribution is 7.73. The van der Waals surface area contributed by atoms with Crippen molar-refractivity contribution in [2.75, 3.05) is 0 Å². The Hall–Kier alpha value is -2.05. The standard InChI is InChI=1S/C18H19N3OS2/c1-2-3-7-10-21-17(22)15(24-18(21)23)11-14-12-19-20-16(14)13-8-5-4-6-9-13/h4-6,8-9,11-12,22H,2-3,7,10H2,1H3. The van der Waals surface area contributed by atoms with Crippen LogP contribution in [0.25, 0.3) is 6.08 Å². The monoisotopic (exact) mass is 357 g/mol. The predicted octanol–water partition coefficient (Wildman–Crippen LogP) is 5.05. The summed E-state index contributed by atoms with van der Waals surface area (Å²) in [5.74, 6) is 0.237. The Kier molecular flexibility index (Phi) is 5.37. The van der Waals surface area contributed by atoms with Crippen molar-refractivity contribution in [3.8, 4) is 5.88 Å². The molecular weight excluding hydrogens is 338 g/mol. The summed E-state index contributed by atoms with van der Waals surface area (Å²) in [5.41, 5.74) is 2.70. The van der Waals surface area contributed by atoms with Gasteiger partial charge in [-0.25, -0.2) is 0 Å². The number of aromatic nitrogens is 1. The summed E-state index contributed by atoms with van der Waals surface area (Å²) in [6, 6.07) is 9.91. The minimum Gasteiger partial charge on any atom is -0.493 e. The fraction of sp³-hybridized carbons (Fsp3) is 0.278. The van der Waals surface area contributed by atoms with E-state index in [2.05, 4.69) is 17.1 Å². The average molecular weight is 358 g/mol. The van der Waals surface area contributed by atoms with E-state index >= 15 is 0 Å². The maximum atomic E-state index is 10.5. The molecule has 0 saturated heterocycles. The highest BCUT2D eigenvalue weighted by atomic mass is 32.1. The van der Waals surface area contributed by atoms with Crippen LogP contribution < -0.4 is 0 Å². The van der Waals surface area contributed by atoms with Crippen LogP contribution in [0, 0.1) is 3.95 Å². The van der Waals surface area contributed by atoms with Crippen molar-refractivity contribution >= 4 is 41.6 Å². The molecule has 2 heterocycles. The maximum absolute atomic E-state index is 10.5. The van der Waals surface area contributed by atoms with Gasteiger partial charge >= 0.3 is 0 Å². The van der Waals surface area contributed by atoms with Crippen molar-refractivity contribution in [2.24, 2.45) is 10.2 Å². The first-order chi connectivity index (χ1) is 11.7. The van der Waals surface area contributed by atoms with Gasteiger partial charge < -0.3 is 5.11 Å². The molecule has 0 atom stereocenters. The molecule has 4 nitrogen and oxygen atoms in total. The van der Waals surface area contributed by atoms with E-state index in [1.165, 1.54) is 11.3 Å². The number of allylic oxidation sites excluding steroid dienone is 1. The molecule has 3 rings (SSSR count). The smallest absolute Gasteiger partial charge is 0.210 e. The average Bonchev–Trinajstić information content (AvgIpc) is 3.16. The summed E-state index contributed by atoms with van der Waals surface area (Å²) < 4.78 is 2.51. The van der Waals surface area contributed by atoms with Gasteiger partial charge in [-0.3, -0.25) is 4.57 Å². The summed E-state index contributed by atoms with van der Waals surface area (Å²) in [5, 5.41) is 18.7. The zero-order valence-corrected chi connectivity index (χ0v) is 15.1. The van der Waals surface area contributed by atoms with Gasteiger partial charge in [-0.05, 0) is 24.7 Å². The molecule has 1 N–H and O–H groups in total. The van der Waals surface area contributed by atoms with Gasteiger partial charge in [0, 0.05) is 17.7 Å². The van der Waals surface area contributed by atoms with E-state index in [9.17, 15) is 5.11 Å². The minimum absolute atomic E-state index is 0.237. The van der Waals surface area contributed by atoms with Gasteiger partial charge in [0.05, 0.1) is 11.1 Å². The zero-order valence-electron chi connectivity index (χ0n) is 13.5. The maximum Gasteiger partial charge on any atom is 0.210 e. The van der Waals surface area contributed by atoms with E-state index in [1.807, 2.05) is 41.0 Å². The van der Waals surface area contributed by atoms with E-state index in [0.29, 0.717) is 3.95 Å². The molecule has 2 aromatic rings. The number of hydrogen-bond donors (Lipinski definition) is 1. The molecule has 24 heavy (non-hydrogen) atoms. The summed E-state index contributed by atoms with van der Waals surface area (Å²) in [7, 11) is 0. The summed E-state index contributed by atoms with van der Waals surface area (Å²) in [4.78, 5) is 0.753. The van der Waals surface area contributed by atoms with Crippen LogP contribution >= 0.6 is 23.6 Å². The number of aromatic hydroxyl groups is 1. The van der Waals surface area contributed by atoms with Gasteiger partial charge in [0.15, 0.2) is 3.95 Å². The fourth-order valence-electron chi connectivity index (χ4n) is 2.56. The van der Waals surface area contributed by atoms with Crippen LogP contribution in [0.1, 0.15) is 36.6 Å². The third kappa shape index (κ3) is 3.55. The number of unbranched alkanes of at least 4 members (excludes halogenated alkanes) is 2. The molecule has 0 amide bonds. The van der Waals surface area contributed by atoms with E-state index in [4.69, 9.17) is 12.2 Å². The lowest BCUT2D eigenvalue weighted by Crippen LogP contribution is -2.02. The number of nitrogens with zero attached hydrogens (tertiary/aromatic N) is 3. The van der Waals surface area contributed by atoms with Gasteiger partial charge in [0.1, 0.15) is 5.71 Å². The first-order valence-electron chi connectivity index (χ1n) is 8.02. The molecule has 0 fully saturated rings. The van der Waals surface area contributed by atoms with Gasteiger partial charge in [-0.2, -0.15) is 5.10 Å². The quantitative estimate of drug-likeness (QED) is 0.581. The summed E-state index contributed by atoms with van der Waals surface area (Å²) >= 11 is 6.82. The van der Waals surface area contributed by atoms with Crippen LogP contribution in [0.3, 0.4) is 0 Å². The molecule has 1 aliphatic heterocycles. The number of benzene rings is 1. The van der Waals surface area contributed by atoms with Crippen LogP contribution in [0.2, 0.25) is 0 Å². The lowest BCUT2D eigenvalue weighted by molar-refractivity contribution is 0.408. The Morgan fingerprint density at radius 3 is 2.79 bits per heavy atom. The lowest BCUT2D eigenvalue weighted by Gasteiger charge is -2.04. The van der Waals surface area contributed by atoms with Crippen LogP contribution in [0.4, 0.5) is 0 Å². The van der Waals surface area contributed by atoms with E-state index in [-0.39, 0.29) is 5.88 Å². The van der Waals surface area contributed by atoms with Crippen LogP contribution in [0.15, 0.2) is 46.1 Å². The topological polar surface area (TPSA) is 49.9 Å². The second-order valence-corrected chi connectivity index (χ2v) is 7.25. The minimum atomic E-state index is 0.237. The second kappa shape index (κ2) is 7.68. The Bertz CT molecular complexity index is 860. The zero-order chi connectivity index (χ0) is 16.9. The van der Waals surface area contributed by atoms with Gasteiger partial charge in [0.2, 0.25) is 5.88 Å². The van der Waals surface area contributed by atoms with Crippen LogP contribution in [-0.4, -0.2) is 21.6 Å². The van der Waals surface area contributed by atoms with Gasteiger partial charge in [-0.1, -0.05) is 50.1 Å². The van der Waals surface area contributed by atoms with Crippen molar-refractivity contribution < 1.29 is 5.11 Å².